The van der Waals surface area contributed by atoms with Crippen LogP contribution in [0.5, 0.6) is 0 Å². The van der Waals surface area contributed by atoms with Crippen molar-refractivity contribution in [3.8, 4) is 0 Å². The first-order valence-electron chi connectivity index (χ1n) is 7.37. The minimum Gasteiger partial charge on any atom is -0.341 e. The summed E-state index contributed by atoms with van der Waals surface area (Å²) >= 11 is 0. The van der Waals surface area contributed by atoms with E-state index in [0.29, 0.717) is 19.6 Å². The van der Waals surface area contributed by atoms with Gasteiger partial charge in [0.15, 0.2) is 0 Å². The smallest absolute Gasteiger partial charge is 0.254 e. The largest absolute Gasteiger partial charge is 0.341 e. The maximum absolute atomic E-state index is 12.4. The van der Waals surface area contributed by atoms with Crippen LogP contribution in [0.15, 0.2) is 24.3 Å². The van der Waals surface area contributed by atoms with Crippen molar-refractivity contribution in [2.24, 2.45) is 11.1 Å². The fourth-order valence-electron chi connectivity index (χ4n) is 3.11. The number of amides is 2. The van der Waals surface area contributed by atoms with Crippen LogP contribution in [0.2, 0.25) is 0 Å². The summed E-state index contributed by atoms with van der Waals surface area (Å²) in [4.78, 5) is 28.1. The SMILES string of the molecule is CC1(CN)CCN(C(=O)CN2Cc3ccccc3C2=O)C1.Cl. The summed E-state index contributed by atoms with van der Waals surface area (Å²) in [5.41, 5.74) is 7.52. The van der Waals surface area contributed by atoms with Gasteiger partial charge in [0.2, 0.25) is 5.91 Å². The Hall–Kier alpha value is -1.59. The second-order valence-electron chi connectivity index (χ2n) is 6.40. The van der Waals surface area contributed by atoms with E-state index in [9.17, 15) is 9.59 Å². The molecule has 1 saturated heterocycles. The van der Waals surface area contributed by atoms with E-state index in [1.807, 2.05) is 29.2 Å². The minimum atomic E-state index is -0.0419. The molecule has 2 aliphatic heterocycles. The number of fused-ring (bicyclic) bond motifs is 1. The Kier molecular flexibility index (Phi) is 4.78. The standard InChI is InChI=1S/C16H21N3O2.ClH/c1-16(10-17)6-7-18(11-16)14(20)9-19-8-12-4-2-3-5-13(12)15(19)21;/h2-5H,6-11,17H2,1H3;1H. The van der Waals surface area contributed by atoms with Gasteiger partial charge in [-0.2, -0.15) is 0 Å². The lowest BCUT2D eigenvalue weighted by Crippen LogP contribution is -2.41. The van der Waals surface area contributed by atoms with E-state index < -0.39 is 0 Å². The maximum atomic E-state index is 12.4. The van der Waals surface area contributed by atoms with E-state index in [0.717, 1.165) is 24.1 Å². The van der Waals surface area contributed by atoms with Crippen LogP contribution < -0.4 is 5.73 Å². The van der Waals surface area contributed by atoms with Gasteiger partial charge >= 0.3 is 0 Å². The average molecular weight is 324 g/mol. The number of carbonyl (C=O) groups is 2. The second kappa shape index (κ2) is 6.26. The van der Waals surface area contributed by atoms with E-state index in [1.165, 1.54) is 0 Å². The molecule has 1 unspecified atom stereocenters. The maximum Gasteiger partial charge on any atom is 0.254 e. The Bertz CT molecular complexity index is 593. The molecule has 1 fully saturated rings. The molecule has 0 radical (unpaired) electrons. The Labute approximate surface area is 136 Å². The highest BCUT2D eigenvalue weighted by Gasteiger charge is 2.36. The van der Waals surface area contributed by atoms with Gasteiger partial charge in [-0.25, -0.2) is 0 Å². The minimum absolute atomic E-state index is 0. The van der Waals surface area contributed by atoms with Gasteiger partial charge in [0.25, 0.3) is 5.91 Å². The molecule has 0 bridgehead atoms. The van der Waals surface area contributed by atoms with Crippen molar-refractivity contribution in [2.45, 2.75) is 19.9 Å². The fraction of sp³-hybridized carbons (Fsp3) is 0.500. The highest BCUT2D eigenvalue weighted by atomic mass is 35.5. The number of likely N-dealkylation sites (tertiary alicyclic amines) is 1. The van der Waals surface area contributed by atoms with Gasteiger partial charge in [-0.05, 0) is 30.0 Å². The topological polar surface area (TPSA) is 66.6 Å². The third-order valence-corrected chi connectivity index (χ3v) is 4.63. The molecule has 3 rings (SSSR count). The molecular weight excluding hydrogens is 302 g/mol. The number of nitrogens with two attached hydrogens (primary N) is 1. The molecule has 0 saturated carbocycles. The summed E-state index contributed by atoms with van der Waals surface area (Å²) in [6.07, 6.45) is 0.934. The van der Waals surface area contributed by atoms with Gasteiger partial charge in [0, 0.05) is 25.2 Å². The molecule has 0 spiro atoms. The quantitative estimate of drug-likeness (QED) is 0.910. The first-order chi connectivity index (χ1) is 10.0. The Morgan fingerprint density at radius 2 is 2.09 bits per heavy atom. The summed E-state index contributed by atoms with van der Waals surface area (Å²) in [5, 5.41) is 0. The first kappa shape index (κ1) is 16.8. The van der Waals surface area contributed by atoms with Crippen molar-refractivity contribution in [2.75, 3.05) is 26.2 Å². The van der Waals surface area contributed by atoms with Crippen molar-refractivity contribution in [3.63, 3.8) is 0 Å². The molecule has 2 aliphatic rings. The molecule has 2 amide bonds. The van der Waals surface area contributed by atoms with Crippen molar-refractivity contribution < 1.29 is 9.59 Å². The summed E-state index contributed by atoms with van der Waals surface area (Å²) in [6, 6.07) is 7.54. The van der Waals surface area contributed by atoms with Crippen LogP contribution in [0, 0.1) is 5.41 Å². The van der Waals surface area contributed by atoms with Gasteiger partial charge in [-0.15, -0.1) is 12.4 Å². The number of nitrogens with zero attached hydrogens (tertiary/aromatic N) is 2. The molecule has 1 atom stereocenters. The predicted molar refractivity (Wildman–Crippen MR) is 86.8 cm³/mol. The van der Waals surface area contributed by atoms with Gasteiger partial charge in [-0.1, -0.05) is 25.1 Å². The van der Waals surface area contributed by atoms with Crippen LogP contribution in [0.1, 0.15) is 29.3 Å². The monoisotopic (exact) mass is 323 g/mol. The molecule has 0 aromatic heterocycles. The lowest BCUT2D eigenvalue weighted by atomic mass is 9.90. The molecule has 2 N–H and O–H groups in total. The van der Waals surface area contributed by atoms with E-state index in [-0.39, 0.29) is 36.2 Å². The number of halogens is 1. The molecule has 1 aromatic rings. The molecule has 120 valence electrons. The summed E-state index contributed by atoms with van der Waals surface area (Å²) in [5.74, 6) is -0.0203. The zero-order chi connectivity index (χ0) is 15.0. The van der Waals surface area contributed by atoms with Gasteiger partial charge in [0.05, 0.1) is 0 Å². The van der Waals surface area contributed by atoms with Gasteiger partial charge in [0.1, 0.15) is 6.54 Å². The molecular formula is C16H22ClN3O2. The average Bonchev–Trinajstić information content (AvgIpc) is 3.02. The van der Waals surface area contributed by atoms with E-state index >= 15 is 0 Å². The highest BCUT2D eigenvalue weighted by Crippen LogP contribution is 2.29. The van der Waals surface area contributed by atoms with Gasteiger partial charge in [-0.3, -0.25) is 9.59 Å². The van der Waals surface area contributed by atoms with E-state index in [1.54, 1.807) is 4.90 Å². The fourth-order valence-corrected chi connectivity index (χ4v) is 3.11. The Morgan fingerprint density at radius 1 is 1.36 bits per heavy atom. The van der Waals surface area contributed by atoms with Crippen LogP contribution in [0.4, 0.5) is 0 Å². The van der Waals surface area contributed by atoms with Crippen LogP contribution in [-0.4, -0.2) is 47.8 Å². The molecule has 22 heavy (non-hydrogen) atoms. The predicted octanol–water partition coefficient (Wildman–Crippen LogP) is 1.26. The van der Waals surface area contributed by atoms with Crippen molar-refractivity contribution >= 4 is 24.2 Å². The number of hydrogen-bond acceptors (Lipinski definition) is 3. The summed E-state index contributed by atoms with van der Waals surface area (Å²) < 4.78 is 0. The number of rotatable bonds is 3. The zero-order valence-corrected chi connectivity index (χ0v) is 13.6. The molecule has 5 nitrogen and oxygen atoms in total. The number of carbonyl (C=O) groups excluding carboxylic acids is 2. The lowest BCUT2D eigenvalue weighted by molar-refractivity contribution is -0.131. The van der Waals surface area contributed by atoms with E-state index in [2.05, 4.69) is 6.92 Å². The van der Waals surface area contributed by atoms with Crippen LogP contribution in [-0.2, 0) is 11.3 Å². The number of benzene rings is 1. The zero-order valence-electron chi connectivity index (χ0n) is 12.7. The Balaban J connectivity index is 0.00000176. The van der Waals surface area contributed by atoms with E-state index in [4.69, 9.17) is 5.73 Å². The highest BCUT2D eigenvalue weighted by molar-refractivity contribution is 6.00. The summed E-state index contributed by atoms with van der Waals surface area (Å²) in [7, 11) is 0. The molecule has 1 aromatic carbocycles. The van der Waals surface area contributed by atoms with Crippen molar-refractivity contribution in [1.82, 2.24) is 9.80 Å². The first-order valence-corrected chi connectivity index (χ1v) is 7.37. The third kappa shape index (κ3) is 2.96. The molecule has 0 aliphatic carbocycles. The van der Waals surface area contributed by atoms with Crippen LogP contribution in [0.25, 0.3) is 0 Å². The summed E-state index contributed by atoms with van der Waals surface area (Å²) in [6.45, 7) is 4.82. The molecule has 2 heterocycles. The van der Waals surface area contributed by atoms with Crippen molar-refractivity contribution in [3.05, 3.63) is 35.4 Å². The van der Waals surface area contributed by atoms with Crippen molar-refractivity contribution in [1.29, 1.82) is 0 Å². The van der Waals surface area contributed by atoms with Gasteiger partial charge < -0.3 is 15.5 Å². The lowest BCUT2D eigenvalue weighted by Gasteiger charge is -2.24. The second-order valence-corrected chi connectivity index (χ2v) is 6.40. The Morgan fingerprint density at radius 3 is 2.73 bits per heavy atom. The van der Waals surface area contributed by atoms with Crippen LogP contribution in [0.3, 0.4) is 0 Å². The van der Waals surface area contributed by atoms with Crippen LogP contribution >= 0.6 is 12.4 Å². The third-order valence-electron chi connectivity index (χ3n) is 4.63. The number of hydrogen-bond donors (Lipinski definition) is 1. The molecule has 6 heteroatoms. The normalized spacial score (nSPS) is 23.5.